The van der Waals surface area contributed by atoms with Gasteiger partial charge in [0.25, 0.3) is 0 Å². The van der Waals surface area contributed by atoms with Gasteiger partial charge in [-0.1, -0.05) is 71.4 Å². The van der Waals surface area contributed by atoms with Crippen molar-refractivity contribution in [1.82, 2.24) is 5.16 Å². The molecule has 0 radical (unpaired) electrons. The summed E-state index contributed by atoms with van der Waals surface area (Å²) in [5.41, 5.74) is 4.03. The van der Waals surface area contributed by atoms with Crippen LogP contribution in [-0.4, -0.2) is 23.7 Å². The van der Waals surface area contributed by atoms with E-state index in [4.69, 9.17) is 25.6 Å². The predicted octanol–water partition coefficient (Wildman–Crippen LogP) is 7.06. The molecule has 1 aromatic heterocycles. The summed E-state index contributed by atoms with van der Waals surface area (Å²) in [5, 5.41) is 4.50. The van der Waals surface area contributed by atoms with E-state index in [1.54, 1.807) is 75.4 Å². The normalized spacial score (nSPS) is 11.7. The Hall–Kier alpha value is -3.97. The lowest BCUT2D eigenvalue weighted by molar-refractivity contribution is -0.147. The molecule has 3 aromatic carbocycles. The van der Waals surface area contributed by atoms with Crippen LogP contribution in [0.5, 0.6) is 0 Å². The van der Waals surface area contributed by atoms with Gasteiger partial charge in [-0.25, -0.2) is 4.39 Å². The number of hydrogen-bond donors (Lipinski definition) is 0. The fraction of sp³-hybridized carbons (Fsp3) is 0.233. The fourth-order valence-electron chi connectivity index (χ4n) is 4.15. The largest absolute Gasteiger partial charge is 0.466 e. The molecule has 4 aromatic rings. The maximum absolute atomic E-state index is 15.2. The molecule has 0 spiro atoms. The summed E-state index contributed by atoms with van der Waals surface area (Å²) in [4.78, 5) is 24.4. The van der Waals surface area contributed by atoms with Crippen molar-refractivity contribution in [2.45, 2.75) is 39.7 Å². The Bertz CT molecular complexity index is 1450. The molecule has 0 amide bonds. The van der Waals surface area contributed by atoms with Crippen molar-refractivity contribution in [3.63, 3.8) is 0 Å². The summed E-state index contributed by atoms with van der Waals surface area (Å²) in [7, 11) is 0. The SMILES string of the molecule is CCOC(=O)Cc1ccc(-c2ccc(-c3onc(C)c3CC(=O)O[C@H](C)c3ccccc3Cl)cc2F)cc1. The van der Waals surface area contributed by atoms with E-state index >= 15 is 4.39 Å². The number of nitrogens with zero attached hydrogens (tertiary/aromatic N) is 1. The highest BCUT2D eigenvalue weighted by molar-refractivity contribution is 6.31. The van der Waals surface area contributed by atoms with Crippen LogP contribution in [0, 0.1) is 12.7 Å². The van der Waals surface area contributed by atoms with Gasteiger partial charge in [-0.3, -0.25) is 9.59 Å². The van der Waals surface area contributed by atoms with Crippen LogP contribution in [0.2, 0.25) is 5.02 Å². The highest BCUT2D eigenvalue weighted by Crippen LogP contribution is 2.32. The number of aryl methyl sites for hydroxylation is 1. The molecule has 0 unspecified atom stereocenters. The lowest BCUT2D eigenvalue weighted by Crippen LogP contribution is -2.12. The molecule has 0 bridgehead atoms. The second-order valence-electron chi connectivity index (χ2n) is 8.78. The van der Waals surface area contributed by atoms with Gasteiger partial charge in [0, 0.05) is 27.3 Å². The van der Waals surface area contributed by atoms with E-state index in [-0.39, 0.29) is 18.8 Å². The molecule has 0 aliphatic heterocycles. The first-order valence-corrected chi connectivity index (χ1v) is 12.6. The van der Waals surface area contributed by atoms with Crippen LogP contribution in [0.1, 0.15) is 42.3 Å². The number of ether oxygens (including phenoxy) is 2. The second-order valence-corrected chi connectivity index (χ2v) is 9.19. The summed E-state index contributed by atoms with van der Waals surface area (Å²) >= 11 is 6.22. The van der Waals surface area contributed by atoms with E-state index < -0.39 is 17.9 Å². The first-order chi connectivity index (χ1) is 18.3. The van der Waals surface area contributed by atoms with Crippen LogP contribution in [-0.2, 0) is 31.9 Å². The molecule has 8 heteroatoms. The highest BCUT2D eigenvalue weighted by Gasteiger charge is 2.22. The molecule has 0 N–H and O–H groups in total. The van der Waals surface area contributed by atoms with Crippen molar-refractivity contribution in [2.75, 3.05) is 6.61 Å². The van der Waals surface area contributed by atoms with Crippen molar-refractivity contribution in [1.29, 1.82) is 0 Å². The second kappa shape index (κ2) is 12.0. The van der Waals surface area contributed by atoms with Crippen molar-refractivity contribution < 1.29 is 28.0 Å². The lowest BCUT2D eigenvalue weighted by atomic mass is 9.98. The van der Waals surface area contributed by atoms with Crippen molar-refractivity contribution in [3.8, 4) is 22.5 Å². The van der Waals surface area contributed by atoms with Crippen molar-refractivity contribution in [3.05, 3.63) is 100.0 Å². The van der Waals surface area contributed by atoms with Gasteiger partial charge >= 0.3 is 11.9 Å². The Kier molecular flexibility index (Phi) is 8.59. The summed E-state index contributed by atoms with van der Waals surface area (Å²) in [6.45, 7) is 5.54. The molecule has 4 rings (SSSR count). The Labute approximate surface area is 225 Å². The minimum Gasteiger partial charge on any atom is -0.466 e. The van der Waals surface area contributed by atoms with Crippen LogP contribution in [0.3, 0.4) is 0 Å². The van der Waals surface area contributed by atoms with E-state index in [0.29, 0.717) is 50.9 Å². The number of aromatic nitrogens is 1. The zero-order chi connectivity index (χ0) is 27.2. The molecule has 0 aliphatic carbocycles. The van der Waals surface area contributed by atoms with Gasteiger partial charge in [-0.05, 0) is 44.0 Å². The van der Waals surface area contributed by atoms with Gasteiger partial charge in [-0.2, -0.15) is 0 Å². The lowest BCUT2D eigenvalue weighted by Gasteiger charge is -2.15. The Morgan fingerprint density at radius 3 is 2.39 bits per heavy atom. The van der Waals surface area contributed by atoms with Gasteiger partial charge in [0.15, 0.2) is 5.76 Å². The Morgan fingerprint density at radius 2 is 1.71 bits per heavy atom. The van der Waals surface area contributed by atoms with E-state index in [9.17, 15) is 9.59 Å². The number of esters is 2. The predicted molar refractivity (Wildman–Crippen MR) is 142 cm³/mol. The number of benzene rings is 3. The molecule has 0 saturated heterocycles. The third-order valence-electron chi connectivity index (χ3n) is 6.11. The van der Waals surface area contributed by atoms with Crippen LogP contribution < -0.4 is 0 Å². The number of rotatable bonds is 9. The maximum Gasteiger partial charge on any atom is 0.311 e. The molecular formula is C30H27ClFNO5. The van der Waals surface area contributed by atoms with E-state index in [1.807, 2.05) is 6.07 Å². The number of halogens is 2. The first-order valence-electron chi connectivity index (χ1n) is 12.2. The van der Waals surface area contributed by atoms with E-state index in [0.717, 1.165) is 5.56 Å². The summed E-state index contributed by atoms with van der Waals surface area (Å²) in [5.74, 6) is -0.947. The van der Waals surface area contributed by atoms with Gasteiger partial charge in [0.1, 0.15) is 11.9 Å². The quantitative estimate of drug-likeness (QED) is 0.213. The monoisotopic (exact) mass is 535 g/mol. The Balaban J connectivity index is 1.50. The Morgan fingerprint density at radius 1 is 1.00 bits per heavy atom. The zero-order valence-electron chi connectivity index (χ0n) is 21.3. The topological polar surface area (TPSA) is 78.6 Å². The van der Waals surface area contributed by atoms with Crippen LogP contribution in [0.4, 0.5) is 4.39 Å². The maximum atomic E-state index is 15.2. The third kappa shape index (κ3) is 6.29. The number of carbonyl (C=O) groups excluding carboxylic acids is 2. The molecule has 1 atom stereocenters. The van der Waals surface area contributed by atoms with Gasteiger partial charge in [-0.15, -0.1) is 0 Å². The molecule has 6 nitrogen and oxygen atoms in total. The van der Waals surface area contributed by atoms with Gasteiger partial charge in [0.2, 0.25) is 0 Å². The molecule has 196 valence electrons. The smallest absolute Gasteiger partial charge is 0.311 e. The third-order valence-corrected chi connectivity index (χ3v) is 6.45. The van der Waals surface area contributed by atoms with Gasteiger partial charge in [0.05, 0.1) is 25.1 Å². The summed E-state index contributed by atoms with van der Waals surface area (Å²) in [6.07, 6.45) is -0.478. The molecule has 38 heavy (non-hydrogen) atoms. The van der Waals surface area contributed by atoms with Crippen LogP contribution in [0.15, 0.2) is 71.3 Å². The molecule has 0 aliphatic rings. The molecule has 0 saturated carbocycles. The summed E-state index contributed by atoms with van der Waals surface area (Å²) < 4.78 is 31.2. The average Bonchev–Trinajstić information content (AvgIpc) is 3.24. The zero-order valence-corrected chi connectivity index (χ0v) is 22.0. The number of carbonyl (C=O) groups is 2. The van der Waals surface area contributed by atoms with Gasteiger partial charge < -0.3 is 14.0 Å². The minimum atomic E-state index is -0.541. The average molecular weight is 536 g/mol. The van der Waals surface area contributed by atoms with Crippen LogP contribution in [0.25, 0.3) is 22.5 Å². The number of hydrogen-bond acceptors (Lipinski definition) is 6. The first kappa shape index (κ1) is 27.1. The standard InChI is InChI=1S/C30H27ClFNO5/c1-4-36-28(34)15-20-9-11-21(12-10-20)24-14-13-22(16-27(24)32)30-25(18(2)33-38-30)17-29(35)37-19(3)23-7-5-6-8-26(23)31/h5-14,16,19H,4,15,17H2,1-3H3/t19-/m1/s1. The van der Waals surface area contributed by atoms with Crippen LogP contribution >= 0.6 is 11.6 Å². The molecule has 1 heterocycles. The van der Waals surface area contributed by atoms with Crippen molar-refractivity contribution in [2.24, 2.45) is 0 Å². The van der Waals surface area contributed by atoms with Crippen molar-refractivity contribution >= 4 is 23.5 Å². The van der Waals surface area contributed by atoms with E-state index in [2.05, 4.69) is 5.16 Å². The highest BCUT2D eigenvalue weighted by atomic mass is 35.5. The minimum absolute atomic E-state index is 0.0925. The summed E-state index contributed by atoms with van der Waals surface area (Å²) in [6, 6.07) is 18.9. The molecular weight excluding hydrogens is 509 g/mol. The molecule has 0 fully saturated rings. The van der Waals surface area contributed by atoms with E-state index in [1.165, 1.54) is 6.07 Å². The fourth-order valence-corrected chi connectivity index (χ4v) is 4.44.